The summed E-state index contributed by atoms with van der Waals surface area (Å²) in [6.07, 6.45) is 0.989. The Kier molecular flexibility index (Phi) is 4.05. The van der Waals surface area contributed by atoms with Gasteiger partial charge in [0.25, 0.3) is 5.91 Å². The molecule has 1 fully saturated rings. The third kappa shape index (κ3) is 2.87. The van der Waals surface area contributed by atoms with Crippen LogP contribution in [0.2, 0.25) is 5.02 Å². The van der Waals surface area contributed by atoms with Crippen molar-refractivity contribution >= 4 is 40.1 Å². The molecule has 0 aliphatic carbocycles. The van der Waals surface area contributed by atoms with Gasteiger partial charge in [-0.2, -0.15) is 0 Å². The smallest absolute Gasteiger partial charge is 0.252 e. The number of halogens is 2. The van der Waals surface area contributed by atoms with Crippen LogP contribution in [0.3, 0.4) is 0 Å². The van der Waals surface area contributed by atoms with Crippen LogP contribution in [0.5, 0.6) is 0 Å². The minimum atomic E-state index is -0.0411. The molecule has 0 unspecified atom stereocenters. The molecule has 2 rings (SSSR count). The highest BCUT2D eigenvalue weighted by Crippen LogP contribution is 2.18. The van der Waals surface area contributed by atoms with Crippen LogP contribution in [0.25, 0.3) is 0 Å². The van der Waals surface area contributed by atoms with E-state index in [1.54, 1.807) is 12.1 Å². The van der Waals surface area contributed by atoms with Crippen LogP contribution in [0.15, 0.2) is 18.2 Å². The van der Waals surface area contributed by atoms with Crippen LogP contribution < -0.4 is 10.6 Å². The van der Waals surface area contributed by atoms with Crippen LogP contribution in [0.4, 0.5) is 0 Å². The molecule has 1 aliphatic rings. The highest BCUT2D eigenvalue weighted by atomic mass is 127. The van der Waals surface area contributed by atoms with Crippen molar-refractivity contribution < 1.29 is 4.79 Å². The van der Waals surface area contributed by atoms with Gasteiger partial charge in [0.1, 0.15) is 0 Å². The van der Waals surface area contributed by atoms with Crippen molar-refractivity contribution in [2.75, 3.05) is 13.1 Å². The van der Waals surface area contributed by atoms with Gasteiger partial charge in [0, 0.05) is 21.2 Å². The Labute approximate surface area is 113 Å². The lowest BCUT2D eigenvalue weighted by molar-refractivity contribution is 0.0939. The summed E-state index contributed by atoms with van der Waals surface area (Å²) < 4.78 is 0.922. The number of amides is 1. The van der Waals surface area contributed by atoms with E-state index in [9.17, 15) is 4.79 Å². The van der Waals surface area contributed by atoms with E-state index in [1.165, 1.54) is 0 Å². The van der Waals surface area contributed by atoms with Crippen LogP contribution in [0.1, 0.15) is 16.8 Å². The van der Waals surface area contributed by atoms with Crippen molar-refractivity contribution in [1.29, 1.82) is 0 Å². The summed E-state index contributed by atoms with van der Waals surface area (Å²) in [5.41, 5.74) is 0.653. The van der Waals surface area contributed by atoms with Gasteiger partial charge in [-0.05, 0) is 53.8 Å². The molecule has 0 radical (unpaired) electrons. The van der Waals surface area contributed by atoms with Gasteiger partial charge in [0.05, 0.1) is 5.56 Å². The predicted molar refractivity (Wildman–Crippen MR) is 72.9 cm³/mol. The summed E-state index contributed by atoms with van der Waals surface area (Å²) in [7, 11) is 0. The zero-order valence-electron chi connectivity index (χ0n) is 8.59. The maximum absolute atomic E-state index is 12.0. The lowest BCUT2D eigenvalue weighted by Gasteiger charge is -2.12. The fourth-order valence-electron chi connectivity index (χ4n) is 1.71. The second-order valence-electron chi connectivity index (χ2n) is 3.79. The Bertz CT molecular complexity index is 405. The fraction of sp³-hybridized carbons (Fsp3) is 0.364. The normalized spacial score (nSPS) is 19.8. The lowest BCUT2D eigenvalue weighted by Crippen LogP contribution is -2.36. The Morgan fingerprint density at radius 1 is 1.56 bits per heavy atom. The van der Waals surface area contributed by atoms with Crippen LogP contribution >= 0.6 is 34.2 Å². The third-order valence-electron chi connectivity index (χ3n) is 2.57. The average Bonchev–Trinajstić information content (AvgIpc) is 2.74. The third-order valence-corrected chi connectivity index (χ3v) is 3.74. The number of hydrogen-bond acceptors (Lipinski definition) is 2. The number of carbonyl (C=O) groups excluding carboxylic acids is 1. The summed E-state index contributed by atoms with van der Waals surface area (Å²) in [5.74, 6) is -0.0411. The molecule has 1 amide bonds. The summed E-state index contributed by atoms with van der Waals surface area (Å²) in [5, 5.41) is 6.80. The number of rotatable bonds is 2. The zero-order chi connectivity index (χ0) is 11.5. The largest absolute Gasteiger partial charge is 0.348 e. The van der Waals surface area contributed by atoms with Crippen LogP contribution in [0, 0.1) is 3.57 Å². The van der Waals surface area contributed by atoms with Crippen LogP contribution in [-0.4, -0.2) is 25.0 Å². The van der Waals surface area contributed by atoms with Crippen molar-refractivity contribution in [3.63, 3.8) is 0 Å². The molecule has 1 heterocycles. The van der Waals surface area contributed by atoms with Gasteiger partial charge in [-0.1, -0.05) is 11.6 Å². The first-order valence-electron chi connectivity index (χ1n) is 5.13. The van der Waals surface area contributed by atoms with Gasteiger partial charge < -0.3 is 10.6 Å². The average molecular weight is 351 g/mol. The highest BCUT2D eigenvalue weighted by Gasteiger charge is 2.18. The molecule has 0 saturated carbocycles. The molecule has 2 N–H and O–H groups in total. The van der Waals surface area contributed by atoms with Gasteiger partial charge in [-0.15, -0.1) is 0 Å². The Morgan fingerprint density at radius 2 is 2.38 bits per heavy atom. The van der Waals surface area contributed by atoms with Crippen molar-refractivity contribution in [3.05, 3.63) is 32.4 Å². The van der Waals surface area contributed by atoms with E-state index in [0.29, 0.717) is 10.6 Å². The molecule has 1 atom stereocenters. The molecule has 1 aliphatic heterocycles. The molecule has 86 valence electrons. The van der Waals surface area contributed by atoms with E-state index in [2.05, 4.69) is 33.2 Å². The molecule has 0 bridgehead atoms. The summed E-state index contributed by atoms with van der Waals surface area (Å²) in [6, 6.07) is 5.59. The lowest BCUT2D eigenvalue weighted by atomic mass is 10.2. The van der Waals surface area contributed by atoms with Gasteiger partial charge in [-0.25, -0.2) is 0 Å². The van der Waals surface area contributed by atoms with E-state index in [1.807, 2.05) is 6.07 Å². The van der Waals surface area contributed by atoms with E-state index >= 15 is 0 Å². The molecule has 0 aromatic heterocycles. The molecular formula is C11H12ClIN2O. The Hall–Kier alpha value is -0.330. The van der Waals surface area contributed by atoms with Gasteiger partial charge >= 0.3 is 0 Å². The first kappa shape index (κ1) is 12.1. The predicted octanol–water partition coefficient (Wildman–Crippen LogP) is 2.04. The van der Waals surface area contributed by atoms with E-state index in [4.69, 9.17) is 11.6 Å². The van der Waals surface area contributed by atoms with Crippen molar-refractivity contribution in [3.8, 4) is 0 Å². The molecule has 5 heteroatoms. The number of benzene rings is 1. The number of hydrogen-bond donors (Lipinski definition) is 2. The minimum absolute atomic E-state index is 0.0411. The SMILES string of the molecule is O=C(N[C@@H]1CCNC1)c1cc(Cl)ccc1I. The molecule has 1 aromatic carbocycles. The van der Waals surface area contributed by atoms with Gasteiger partial charge in [0.15, 0.2) is 0 Å². The van der Waals surface area contributed by atoms with Crippen molar-refractivity contribution in [2.24, 2.45) is 0 Å². The fourth-order valence-corrected chi connectivity index (χ4v) is 2.47. The van der Waals surface area contributed by atoms with Gasteiger partial charge in [0.2, 0.25) is 0 Å². The van der Waals surface area contributed by atoms with Gasteiger partial charge in [-0.3, -0.25) is 4.79 Å². The Morgan fingerprint density at radius 3 is 3.06 bits per heavy atom. The van der Waals surface area contributed by atoms with Crippen LogP contribution in [-0.2, 0) is 0 Å². The maximum Gasteiger partial charge on any atom is 0.252 e. The van der Waals surface area contributed by atoms with Crippen molar-refractivity contribution in [2.45, 2.75) is 12.5 Å². The number of nitrogens with one attached hydrogen (secondary N) is 2. The maximum atomic E-state index is 12.0. The van der Waals surface area contributed by atoms with E-state index in [0.717, 1.165) is 23.1 Å². The summed E-state index contributed by atoms with van der Waals surface area (Å²) in [6.45, 7) is 1.82. The topological polar surface area (TPSA) is 41.1 Å². The highest BCUT2D eigenvalue weighted by molar-refractivity contribution is 14.1. The first-order chi connectivity index (χ1) is 7.66. The minimum Gasteiger partial charge on any atom is -0.348 e. The molecule has 1 saturated heterocycles. The molecule has 16 heavy (non-hydrogen) atoms. The summed E-state index contributed by atoms with van der Waals surface area (Å²) in [4.78, 5) is 12.0. The second kappa shape index (κ2) is 5.33. The van der Waals surface area contributed by atoms with Crippen molar-refractivity contribution in [1.82, 2.24) is 10.6 Å². The van der Waals surface area contributed by atoms with E-state index in [-0.39, 0.29) is 11.9 Å². The Balaban J connectivity index is 2.10. The quantitative estimate of drug-likeness (QED) is 0.802. The molecule has 3 nitrogen and oxygen atoms in total. The summed E-state index contributed by atoms with van der Waals surface area (Å²) >= 11 is 8.03. The monoisotopic (exact) mass is 350 g/mol. The standard InChI is InChI=1S/C11H12ClIN2O/c12-7-1-2-10(13)9(5-7)11(16)15-8-3-4-14-6-8/h1-2,5,8,14H,3-4,6H2,(H,15,16)/t8-/m1/s1. The van der Waals surface area contributed by atoms with E-state index < -0.39 is 0 Å². The zero-order valence-corrected chi connectivity index (χ0v) is 11.5. The molecular weight excluding hydrogens is 338 g/mol. The number of carbonyl (C=O) groups is 1. The first-order valence-corrected chi connectivity index (χ1v) is 6.59. The second-order valence-corrected chi connectivity index (χ2v) is 5.39. The molecule has 0 spiro atoms. The molecule has 1 aromatic rings.